The highest BCUT2D eigenvalue weighted by Crippen LogP contribution is 2.27. The van der Waals surface area contributed by atoms with Crippen molar-refractivity contribution in [3.8, 4) is 11.5 Å². The van der Waals surface area contributed by atoms with Gasteiger partial charge in [-0.25, -0.2) is 0 Å². The summed E-state index contributed by atoms with van der Waals surface area (Å²) >= 11 is 0. The zero-order valence-corrected chi connectivity index (χ0v) is 20.3. The van der Waals surface area contributed by atoms with Crippen molar-refractivity contribution in [2.45, 2.75) is 19.4 Å². The second-order valence-corrected chi connectivity index (χ2v) is 6.61. The lowest BCUT2D eigenvalue weighted by Gasteiger charge is -2.27. The van der Waals surface area contributed by atoms with Crippen LogP contribution in [0.4, 0.5) is 5.69 Å². The first-order valence-electron chi connectivity index (χ1n) is 9.52. The van der Waals surface area contributed by atoms with Crippen molar-refractivity contribution in [3.63, 3.8) is 0 Å². The Hall–Kier alpha value is -2.16. The quantitative estimate of drug-likeness (QED) is 0.306. The summed E-state index contributed by atoms with van der Waals surface area (Å²) in [4.78, 5) is 6.57. The van der Waals surface area contributed by atoms with Gasteiger partial charge in [0, 0.05) is 38.9 Å². The summed E-state index contributed by atoms with van der Waals surface area (Å²) in [5.41, 5.74) is 2.38. The molecular formula is C22H33IN4O2. The molecule has 0 fully saturated rings. The van der Waals surface area contributed by atoms with Gasteiger partial charge < -0.3 is 25.0 Å². The molecule has 1 unspecified atom stereocenters. The summed E-state index contributed by atoms with van der Waals surface area (Å²) in [6, 6.07) is 16.7. The summed E-state index contributed by atoms with van der Waals surface area (Å²) in [5.74, 6) is 2.29. The van der Waals surface area contributed by atoms with Gasteiger partial charge in [-0.15, -0.1) is 24.0 Å². The van der Waals surface area contributed by atoms with Crippen LogP contribution in [0.5, 0.6) is 11.5 Å². The van der Waals surface area contributed by atoms with Crippen LogP contribution in [0, 0.1) is 0 Å². The van der Waals surface area contributed by atoms with Gasteiger partial charge in [0.2, 0.25) is 0 Å². The smallest absolute Gasteiger partial charge is 0.191 e. The van der Waals surface area contributed by atoms with E-state index in [1.54, 1.807) is 21.3 Å². The second-order valence-electron chi connectivity index (χ2n) is 6.61. The SMILES string of the molecule is CN=C(NCCc1ccc(OC)c(OC)c1)NCC(C)N(C)c1ccccc1.I. The molecule has 2 N–H and O–H groups in total. The number of methoxy groups -OCH3 is 2. The Morgan fingerprint density at radius 1 is 1.03 bits per heavy atom. The number of hydrogen-bond donors (Lipinski definition) is 2. The maximum atomic E-state index is 5.36. The van der Waals surface area contributed by atoms with Crippen LogP contribution < -0.4 is 25.0 Å². The molecule has 0 spiro atoms. The van der Waals surface area contributed by atoms with Crippen molar-refractivity contribution in [2.24, 2.45) is 4.99 Å². The first-order chi connectivity index (χ1) is 13.6. The third kappa shape index (κ3) is 7.64. The summed E-state index contributed by atoms with van der Waals surface area (Å²) in [5, 5.41) is 6.77. The predicted molar refractivity (Wildman–Crippen MR) is 132 cm³/mol. The predicted octanol–water partition coefficient (Wildman–Crippen LogP) is 3.55. The van der Waals surface area contributed by atoms with Crippen molar-refractivity contribution in [3.05, 3.63) is 54.1 Å². The van der Waals surface area contributed by atoms with Gasteiger partial charge in [-0.2, -0.15) is 0 Å². The number of likely N-dealkylation sites (N-methyl/N-ethyl adjacent to an activating group) is 1. The van der Waals surface area contributed by atoms with Gasteiger partial charge in [0.1, 0.15) is 0 Å². The van der Waals surface area contributed by atoms with Gasteiger partial charge in [-0.3, -0.25) is 4.99 Å². The zero-order chi connectivity index (χ0) is 20.4. The Labute approximate surface area is 191 Å². The number of nitrogens with zero attached hydrogens (tertiary/aromatic N) is 2. The van der Waals surface area contributed by atoms with Crippen LogP contribution in [0.1, 0.15) is 12.5 Å². The number of guanidine groups is 1. The maximum Gasteiger partial charge on any atom is 0.191 e. The Bertz CT molecular complexity index is 756. The third-order valence-electron chi connectivity index (χ3n) is 4.77. The molecule has 2 rings (SSSR count). The van der Waals surface area contributed by atoms with Crippen LogP contribution in [0.25, 0.3) is 0 Å². The summed E-state index contributed by atoms with van der Waals surface area (Å²) in [7, 11) is 7.19. The Kier molecular flexibility index (Phi) is 11.3. The van der Waals surface area contributed by atoms with Crippen LogP contribution in [0.15, 0.2) is 53.5 Å². The van der Waals surface area contributed by atoms with Gasteiger partial charge in [0.15, 0.2) is 17.5 Å². The molecule has 0 aliphatic heterocycles. The highest BCUT2D eigenvalue weighted by molar-refractivity contribution is 14.0. The molecule has 1 atom stereocenters. The fraction of sp³-hybridized carbons (Fsp3) is 0.409. The third-order valence-corrected chi connectivity index (χ3v) is 4.77. The van der Waals surface area contributed by atoms with E-state index in [2.05, 4.69) is 64.8 Å². The minimum atomic E-state index is 0. The number of hydrogen-bond acceptors (Lipinski definition) is 4. The molecule has 0 aliphatic rings. The van der Waals surface area contributed by atoms with Gasteiger partial charge in [0.05, 0.1) is 14.2 Å². The first kappa shape index (κ1) is 24.9. The molecule has 0 aromatic heterocycles. The average Bonchev–Trinajstić information content (AvgIpc) is 2.75. The lowest BCUT2D eigenvalue weighted by atomic mass is 10.1. The maximum absolute atomic E-state index is 5.36. The van der Waals surface area contributed by atoms with E-state index in [0.717, 1.165) is 37.0 Å². The van der Waals surface area contributed by atoms with E-state index >= 15 is 0 Å². The first-order valence-corrected chi connectivity index (χ1v) is 9.52. The van der Waals surface area contributed by atoms with Crippen LogP contribution in [0.2, 0.25) is 0 Å². The lowest BCUT2D eigenvalue weighted by Crippen LogP contribution is -2.45. The Morgan fingerprint density at radius 3 is 2.34 bits per heavy atom. The molecule has 0 aliphatic carbocycles. The molecule has 0 saturated heterocycles. The van der Waals surface area contributed by atoms with Crippen LogP contribution in [0.3, 0.4) is 0 Å². The van der Waals surface area contributed by atoms with Crippen molar-refractivity contribution in [2.75, 3.05) is 46.3 Å². The Balaban J connectivity index is 0.00000420. The fourth-order valence-electron chi connectivity index (χ4n) is 2.88. The molecule has 0 bridgehead atoms. The standard InChI is InChI=1S/C22H32N4O2.HI/c1-17(26(3)19-9-7-6-8-10-19)16-25-22(23-2)24-14-13-18-11-12-20(27-4)21(15-18)28-5;/h6-12,15,17H,13-14,16H2,1-5H3,(H2,23,24,25);1H. The Morgan fingerprint density at radius 2 is 1.72 bits per heavy atom. The second kappa shape index (κ2) is 13.1. The average molecular weight is 512 g/mol. The molecule has 160 valence electrons. The molecule has 0 heterocycles. The largest absolute Gasteiger partial charge is 0.493 e. The van der Waals surface area contributed by atoms with Gasteiger partial charge in [0.25, 0.3) is 0 Å². The zero-order valence-electron chi connectivity index (χ0n) is 17.9. The molecule has 29 heavy (non-hydrogen) atoms. The minimum Gasteiger partial charge on any atom is -0.493 e. The van der Waals surface area contributed by atoms with E-state index in [4.69, 9.17) is 9.47 Å². The molecule has 2 aromatic carbocycles. The van der Waals surface area contributed by atoms with E-state index in [1.165, 1.54) is 11.3 Å². The van der Waals surface area contributed by atoms with E-state index in [1.807, 2.05) is 18.2 Å². The molecular weight excluding hydrogens is 479 g/mol. The minimum absolute atomic E-state index is 0. The number of anilines is 1. The molecule has 0 amide bonds. The number of ether oxygens (including phenoxy) is 2. The van der Waals surface area contributed by atoms with Gasteiger partial charge in [-0.05, 0) is 43.2 Å². The fourth-order valence-corrected chi connectivity index (χ4v) is 2.88. The van der Waals surface area contributed by atoms with E-state index in [0.29, 0.717) is 6.04 Å². The van der Waals surface area contributed by atoms with Crippen molar-refractivity contribution >= 4 is 35.6 Å². The summed E-state index contributed by atoms with van der Waals surface area (Å²) in [6.45, 7) is 3.76. The van der Waals surface area contributed by atoms with E-state index in [9.17, 15) is 0 Å². The number of para-hydroxylation sites is 1. The number of aliphatic imine (C=N–C) groups is 1. The number of rotatable bonds is 9. The highest BCUT2D eigenvalue weighted by atomic mass is 127. The van der Waals surface area contributed by atoms with E-state index in [-0.39, 0.29) is 24.0 Å². The van der Waals surface area contributed by atoms with Crippen LogP contribution in [-0.4, -0.2) is 53.4 Å². The molecule has 0 radical (unpaired) electrons. The van der Waals surface area contributed by atoms with Crippen LogP contribution >= 0.6 is 24.0 Å². The summed E-state index contributed by atoms with van der Waals surface area (Å²) in [6.07, 6.45) is 0.862. The van der Waals surface area contributed by atoms with Crippen molar-refractivity contribution in [1.82, 2.24) is 10.6 Å². The molecule has 7 heteroatoms. The molecule has 2 aromatic rings. The molecule has 0 saturated carbocycles. The lowest BCUT2D eigenvalue weighted by molar-refractivity contribution is 0.354. The van der Waals surface area contributed by atoms with Crippen molar-refractivity contribution in [1.29, 1.82) is 0 Å². The van der Waals surface area contributed by atoms with E-state index < -0.39 is 0 Å². The van der Waals surface area contributed by atoms with Gasteiger partial charge in [-0.1, -0.05) is 24.3 Å². The normalized spacial score (nSPS) is 11.8. The topological polar surface area (TPSA) is 58.1 Å². The monoisotopic (exact) mass is 512 g/mol. The summed E-state index contributed by atoms with van der Waals surface area (Å²) < 4.78 is 10.6. The number of halogens is 1. The van der Waals surface area contributed by atoms with Gasteiger partial charge >= 0.3 is 0 Å². The highest BCUT2D eigenvalue weighted by Gasteiger charge is 2.10. The van der Waals surface area contributed by atoms with Crippen LogP contribution in [-0.2, 0) is 6.42 Å². The number of benzene rings is 2. The molecule has 6 nitrogen and oxygen atoms in total. The van der Waals surface area contributed by atoms with Crippen molar-refractivity contribution < 1.29 is 9.47 Å². The number of nitrogens with one attached hydrogen (secondary N) is 2.